The zero-order valence-electron chi connectivity index (χ0n) is 13.0. The SMILES string of the molecule is CCOc1ccc(-c2nc(Nc3ccc(F)cc3)sc2C)cc1. The Morgan fingerprint density at radius 3 is 2.43 bits per heavy atom. The molecular formula is C18H17FN2OS. The molecule has 118 valence electrons. The predicted octanol–water partition coefficient (Wildman–Crippen LogP) is 5.40. The number of nitrogens with one attached hydrogen (secondary N) is 1. The fourth-order valence-electron chi connectivity index (χ4n) is 2.25. The van der Waals surface area contributed by atoms with Gasteiger partial charge in [-0.25, -0.2) is 9.37 Å². The molecule has 0 amide bonds. The van der Waals surface area contributed by atoms with Crippen molar-refractivity contribution in [3.05, 3.63) is 59.2 Å². The molecule has 3 nitrogen and oxygen atoms in total. The van der Waals surface area contributed by atoms with Gasteiger partial charge < -0.3 is 10.1 Å². The second-order valence-corrected chi connectivity index (χ2v) is 6.22. The zero-order chi connectivity index (χ0) is 16.2. The van der Waals surface area contributed by atoms with Gasteiger partial charge in [0.2, 0.25) is 0 Å². The number of hydrogen-bond acceptors (Lipinski definition) is 4. The summed E-state index contributed by atoms with van der Waals surface area (Å²) in [5.74, 6) is 0.606. The standard InChI is InChI=1S/C18H17FN2OS/c1-3-22-16-10-4-13(5-11-16)17-12(2)23-18(21-17)20-15-8-6-14(19)7-9-15/h4-11H,3H2,1-2H3,(H,20,21). The van der Waals surface area contributed by atoms with E-state index in [0.717, 1.165) is 32.7 Å². The first-order valence-corrected chi connectivity index (χ1v) is 8.20. The van der Waals surface area contributed by atoms with Crippen LogP contribution in [0.4, 0.5) is 15.2 Å². The lowest BCUT2D eigenvalue weighted by molar-refractivity contribution is 0.340. The molecule has 2 aromatic carbocycles. The average Bonchev–Trinajstić information content (AvgIpc) is 2.91. The Labute approximate surface area is 138 Å². The average molecular weight is 328 g/mol. The minimum absolute atomic E-state index is 0.249. The highest BCUT2D eigenvalue weighted by atomic mass is 32.1. The summed E-state index contributed by atoms with van der Waals surface area (Å²) in [5, 5.41) is 4.00. The van der Waals surface area contributed by atoms with Crippen LogP contribution >= 0.6 is 11.3 Å². The van der Waals surface area contributed by atoms with E-state index in [1.54, 1.807) is 23.5 Å². The zero-order valence-corrected chi connectivity index (χ0v) is 13.8. The van der Waals surface area contributed by atoms with Crippen molar-refractivity contribution in [3.8, 4) is 17.0 Å². The van der Waals surface area contributed by atoms with E-state index >= 15 is 0 Å². The summed E-state index contributed by atoms with van der Waals surface area (Å²) < 4.78 is 18.4. The number of aryl methyl sites for hydroxylation is 1. The van der Waals surface area contributed by atoms with Gasteiger partial charge >= 0.3 is 0 Å². The molecule has 3 aromatic rings. The number of aromatic nitrogens is 1. The van der Waals surface area contributed by atoms with Gasteiger partial charge in [-0.1, -0.05) is 0 Å². The second kappa shape index (κ2) is 6.79. The molecule has 1 heterocycles. The first-order chi connectivity index (χ1) is 11.2. The molecule has 0 saturated heterocycles. The van der Waals surface area contributed by atoms with Gasteiger partial charge in [0.25, 0.3) is 0 Å². The van der Waals surface area contributed by atoms with Gasteiger partial charge in [-0.2, -0.15) is 0 Å². The van der Waals surface area contributed by atoms with Crippen LogP contribution in [0.1, 0.15) is 11.8 Å². The van der Waals surface area contributed by atoms with Crippen LogP contribution in [-0.2, 0) is 0 Å². The van der Waals surface area contributed by atoms with Gasteiger partial charge in [-0.05, 0) is 62.4 Å². The number of nitrogens with zero attached hydrogens (tertiary/aromatic N) is 1. The number of benzene rings is 2. The number of hydrogen-bond donors (Lipinski definition) is 1. The van der Waals surface area contributed by atoms with E-state index in [-0.39, 0.29) is 5.82 Å². The van der Waals surface area contributed by atoms with E-state index in [1.807, 2.05) is 38.1 Å². The maximum Gasteiger partial charge on any atom is 0.187 e. The Hall–Kier alpha value is -2.40. The molecule has 3 rings (SSSR count). The minimum Gasteiger partial charge on any atom is -0.494 e. The molecule has 0 radical (unpaired) electrons. The summed E-state index contributed by atoms with van der Waals surface area (Å²) in [6.07, 6.45) is 0. The molecule has 0 aliphatic carbocycles. The van der Waals surface area contributed by atoms with Gasteiger partial charge in [0, 0.05) is 16.1 Å². The number of ether oxygens (including phenoxy) is 1. The third-order valence-electron chi connectivity index (χ3n) is 3.33. The highest BCUT2D eigenvalue weighted by Crippen LogP contribution is 2.32. The van der Waals surface area contributed by atoms with Crippen molar-refractivity contribution in [2.24, 2.45) is 0 Å². The lowest BCUT2D eigenvalue weighted by Gasteiger charge is -2.04. The van der Waals surface area contributed by atoms with Crippen molar-refractivity contribution in [3.63, 3.8) is 0 Å². The summed E-state index contributed by atoms with van der Waals surface area (Å²) in [6, 6.07) is 14.2. The molecule has 1 aromatic heterocycles. The van der Waals surface area contributed by atoms with Crippen LogP contribution in [0.2, 0.25) is 0 Å². The normalized spacial score (nSPS) is 10.6. The maximum atomic E-state index is 13.0. The van der Waals surface area contributed by atoms with Crippen molar-refractivity contribution in [1.29, 1.82) is 0 Å². The summed E-state index contributed by atoms with van der Waals surface area (Å²) in [7, 11) is 0. The van der Waals surface area contributed by atoms with Crippen LogP contribution in [0.25, 0.3) is 11.3 Å². The summed E-state index contributed by atoms with van der Waals surface area (Å²) in [5.41, 5.74) is 2.82. The quantitative estimate of drug-likeness (QED) is 0.681. The van der Waals surface area contributed by atoms with Crippen molar-refractivity contribution < 1.29 is 9.13 Å². The van der Waals surface area contributed by atoms with Crippen LogP contribution in [0, 0.1) is 12.7 Å². The van der Waals surface area contributed by atoms with Crippen molar-refractivity contribution >= 4 is 22.2 Å². The number of halogens is 1. The number of thiazole rings is 1. The number of rotatable bonds is 5. The van der Waals surface area contributed by atoms with Crippen LogP contribution in [0.5, 0.6) is 5.75 Å². The molecular weight excluding hydrogens is 311 g/mol. The first-order valence-electron chi connectivity index (χ1n) is 7.39. The Bertz CT molecular complexity index is 782. The molecule has 0 aliphatic rings. The van der Waals surface area contributed by atoms with Crippen molar-refractivity contribution in [1.82, 2.24) is 4.98 Å². The minimum atomic E-state index is -0.249. The van der Waals surface area contributed by atoms with Crippen molar-refractivity contribution in [2.45, 2.75) is 13.8 Å². The van der Waals surface area contributed by atoms with E-state index in [1.165, 1.54) is 12.1 Å². The first kappa shape index (κ1) is 15.5. The summed E-state index contributed by atoms with van der Waals surface area (Å²) in [6.45, 7) is 4.66. The summed E-state index contributed by atoms with van der Waals surface area (Å²) >= 11 is 1.58. The third-order valence-corrected chi connectivity index (χ3v) is 4.22. The third kappa shape index (κ3) is 3.68. The fourth-order valence-corrected chi connectivity index (χ4v) is 3.11. The second-order valence-electron chi connectivity index (χ2n) is 5.01. The highest BCUT2D eigenvalue weighted by Gasteiger charge is 2.10. The Morgan fingerprint density at radius 2 is 1.78 bits per heavy atom. The fraction of sp³-hybridized carbons (Fsp3) is 0.167. The van der Waals surface area contributed by atoms with E-state index in [4.69, 9.17) is 4.74 Å². The van der Waals surface area contributed by atoms with E-state index in [2.05, 4.69) is 10.3 Å². The number of anilines is 2. The van der Waals surface area contributed by atoms with Gasteiger partial charge in [0.15, 0.2) is 5.13 Å². The Balaban J connectivity index is 1.81. The molecule has 1 N–H and O–H groups in total. The summed E-state index contributed by atoms with van der Waals surface area (Å²) in [4.78, 5) is 5.77. The van der Waals surface area contributed by atoms with Crippen LogP contribution < -0.4 is 10.1 Å². The predicted molar refractivity (Wildman–Crippen MR) is 93.1 cm³/mol. The van der Waals surface area contributed by atoms with Gasteiger partial charge in [-0.3, -0.25) is 0 Å². The molecule has 0 spiro atoms. The Morgan fingerprint density at radius 1 is 1.09 bits per heavy atom. The maximum absolute atomic E-state index is 13.0. The highest BCUT2D eigenvalue weighted by molar-refractivity contribution is 7.16. The van der Waals surface area contributed by atoms with E-state index in [0.29, 0.717) is 6.61 Å². The van der Waals surface area contributed by atoms with Gasteiger partial charge in [0.05, 0.1) is 12.3 Å². The molecule has 0 atom stereocenters. The molecule has 0 unspecified atom stereocenters. The van der Waals surface area contributed by atoms with Gasteiger partial charge in [0.1, 0.15) is 11.6 Å². The molecule has 0 aliphatic heterocycles. The smallest absolute Gasteiger partial charge is 0.187 e. The van der Waals surface area contributed by atoms with E-state index < -0.39 is 0 Å². The molecule has 23 heavy (non-hydrogen) atoms. The van der Waals surface area contributed by atoms with Crippen molar-refractivity contribution in [2.75, 3.05) is 11.9 Å². The van der Waals surface area contributed by atoms with E-state index in [9.17, 15) is 4.39 Å². The van der Waals surface area contributed by atoms with Gasteiger partial charge in [-0.15, -0.1) is 11.3 Å². The Kier molecular flexibility index (Phi) is 4.57. The van der Waals surface area contributed by atoms with Crippen LogP contribution in [-0.4, -0.2) is 11.6 Å². The lowest BCUT2D eigenvalue weighted by atomic mass is 10.1. The lowest BCUT2D eigenvalue weighted by Crippen LogP contribution is -1.91. The molecule has 0 fully saturated rings. The molecule has 0 saturated carbocycles. The van der Waals surface area contributed by atoms with Crippen LogP contribution in [0.15, 0.2) is 48.5 Å². The molecule has 5 heteroatoms. The molecule has 0 bridgehead atoms. The largest absolute Gasteiger partial charge is 0.494 e. The van der Waals surface area contributed by atoms with Crippen LogP contribution in [0.3, 0.4) is 0 Å². The topological polar surface area (TPSA) is 34.1 Å². The monoisotopic (exact) mass is 328 g/mol.